The molecule has 0 aliphatic heterocycles. The Morgan fingerprint density at radius 3 is 1.00 bits per heavy atom. The summed E-state index contributed by atoms with van der Waals surface area (Å²) in [5.74, 6) is -0.179. The molecular formula is C77H150N2O6P+. The first-order chi connectivity index (χ1) is 42.0. The Morgan fingerprint density at radius 1 is 0.395 bits per heavy atom. The van der Waals surface area contributed by atoms with E-state index < -0.39 is 20.0 Å². The number of rotatable bonds is 71. The number of carbonyl (C=O) groups is 1. The van der Waals surface area contributed by atoms with Crippen LogP contribution in [0.3, 0.4) is 0 Å². The van der Waals surface area contributed by atoms with Crippen molar-refractivity contribution in [2.75, 3.05) is 40.9 Å². The Hall–Kier alpha value is -1.54. The molecule has 0 aromatic rings. The molecule has 0 aliphatic carbocycles. The molecule has 0 fully saturated rings. The minimum Gasteiger partial charge on any atom is -0.387 e. The summed E-state index contributed by atoms with van der Waals surface area (Å²) < 4.78 is 23.8. The number of aliphatic hydroxyl groups excluding tert-OH is 1. The van der Waals surface area contributed by atoms with Gasteiger partial charge in [0.1, 0.15) is 13.2 Å². The lowest BCUT2D eigenvalue weighted by Crippen LogP contribution is -2.45. The maximum Gasteiger partial charge on any atom is 0.472 e. The molecule has 0 aromatic carbocycles. The Balaban J connectivity index is 4.01. The smallest absolute Gasteiger partial charge is 0.387 e. The fourth-order valence-electron chi connectivity index (χ4n) is 11.6. The van der Waals surface area contributed by atoms with E-state index in [-0.39, 0.29) is 19.1 Å². The standard InChI is InChI=1S/C77H149N2O6P/c1-6-8-10-12-14-16-18-20-22-24-26-28-30-32-34-36-37-38-39-40-41-43-45-47-49-51-53-55-57-59-61-63-65-67-69-71-77(81)78-75(74-85-86(82,83)84-73-72-79(3,4)5)76(80)70-68-66-64-62-60-58-56-54-52-50-48-46-44-42-35-33-31-29-27-25-23-21-19-17-15-13-11-9-7-2/h18,20,24,26,60,62,68,70,75-76,80H,6-17,19,21-23,25,27-59,61,63-67,69,71-74H2,1-5H3,(H-,78,81,82,83)/p+1/b20-18-,26-24-,62-60+,70-68+. The molecule has 0 aromatic heterocycles. The molecule has 0 radical (unpaired) electrons. The predicted octanol–water partition coefficient (Wildman–Crippen LogP) is 24.6. The highest BCUT2D eigenvalue weighted by molar-refractivity contribution is 7.47. The van der Waals surface area contributed by atoms with Crippen LogP contribution in [0.15, 0.2) is 48.6 Å². The lowest BCUT2D eigenvalue weighted by molar-refractivity contribution is -0.870. The Morgan fingerprint density at radius 2 is 0.674 bits per heavy atom. The summed E-state index contributed by atoms with van der Waals surface area (Å²) in [4.78, 5) is 23.5. The summed E-state index contributed by atoms with van der Waals surface area (Å²) in [6, 6.07) is -0.865. The molecule has 3 N–H and O–H groups in total. The number of carbonyl (C=O) groups excluding carboxylic acids is 1. The zero-order valence-corrected chi connectivity index (χ0v) is 59.2. The average molecular weight is 1230 g/mol. The SMILES string of the molecule is CCCCCCC/C=C\C/C=C\CCCCCCCCCCCCCCCCCCCCCCCCCC(=O)NC(COP(=O)(O)OCC[N+](C)(C)C)C(O)/C=C/CC/C=C/CCCCCCCCCCCCCCCCCCCCCCCCC. The zero-order valence-electron chi connectivity index (χ0n) is 58.3. The van der Waals surface area contributed by atoms with Crippen molar-refractivity contribution in [2.45, 2.75) is 398 Å². The van der Waals surface area contributed by atoms with Crippen molar-refractivity contribution in [2.24, 2.45) is 0 Å². The number of unbranched alkanes of at least 4 members (excludes halogenated alkanes) is 52. The first kappa shape index (κ1) is 84.5. The van der Waals surface area contributed by atoms with Crippen molar-refractivity contribution >= 4 is 13.7 Å². The molecule has 0 bridgehead atoms. The van der Waals surface area contributed by atoms with Crippen LogP contribution in [0.5, 0.6) is 0 Å². The van der Waals surface area contributed by atoms with Gasteiger partial charge in [0.25, 0.3) is 0 Å². The summed E-state index contributed by atoms with van der Waals surface area (Å²) in [7, 11) is 1.57. The minimum atomic E-state index is -4.36. The van der Waals surface area contributed by atoms with Crippen LogP contribution in [-0.4, -0.2) is 73.4 Å². The van der Waals surface area contributed by atoms with E-state index in [1.807, 2.05) is 27.2 Å². The maximum absolute atomic E-state index is 13.1. The lowest BCUT2D eigenvalue weighted by Gasteiger charge is -2.25. The molecule has 86 heavy (non-hydrogen) atoms. The average Bonchev–Trinajstić information content (AvgIpc) is 3.70. The van der Waals surface area contributed by atoms with Crippen molar-refractivity contribution in [3.63, 3.8) is 0 Å². The molecule has 9 heteroatoms. The van der Waals surface area contributed by atoms with Gasteiger partial charge in [-0.15, -0.1) is 0 Å². The van der Waals surface area contributed by atoms with Crippen LogP contribution in [0.1, 0.15) is 386 Å². The van der Waals surface area contributed by atoms with Gasteiger partial charge in [0, 0.05) is 6.42 Å². The van der Waals surface area contributed by atoms with E-state index in [1.165, 1.54) is 321 Å². The fourth-order valence-corrected chi connectivity index (χ4v) is 12.4. The van der Waals surface area contributed by atoms with Crippen LogP contribution in [0.2, 0.25) is 0 Å². The van der Waals surface area contributed by atoms with Crippen LogP contribution < -0.4 is 5.32 Å². The second-order valence-electron chi connectivity index (χ2n) is 27.4. The highest BCUT2D eigenvalue weighted by Crippen LogP contribution is 2.43. The molecular weight excluding hydrogens is 1080 g/mol. The first-order valence-electron chi connectivity index (χ1n) is 38.0. The third-order valence-electron chi connectivity index (χ3n) is 17.5. The monoisotopic (exact) mass is 1230 g/mol. The number of hydrogen-bond acceptors (Lipinski definition) is 5. The second kappa shape index (κ2) is 67.8. The summed E-state index contributed by atoms with van der Waals surface area (Å²) in [6.07, 6.45) is 93.0. The number of hydrogen-bond donors (Lipinski definition) is 3. The molecule has 0 aliphatic rings. The molecule has 3 atom stereocenters. The number of nitrogens with zero attached hydrogens (tertiary/aromatic N) is 1. The van der Waals surface area contributed by atoms with Crippen LogP contribution in [-0.2, 0) is 18.4 Å². The van der Waals surface area contributed by atoms with E-state index in [0.717, 1.165) is 44.9 Å². The lowest BCUT2D eigenvalue weighted by atomic mass is 10.0. The van der Waals surface area contributed by atoms with Gasteiger partial charge < -0.3 is 19.8 Å². The van der Waals surface area contributed by atoms with Gasteiger partial charge in [-0.25, -0.2) is 4.57 Å². The first-order valence-corrected chi connectivity index (χ1v) is 39.5. The van der Waals surface area contributed by atoms with Gasteiger partial charge >= 0.3 is 7.82 Å². The zero-order chi connectivity index (χ0) is 62.6. The highest BCUT2D eigenvalue weighted by Gasteiger charge is 2.28. The summed E-state index contributed by atoms with van der Waals surface area (Å²) in [6.45, 7) is 4.84. The normalized spacial score (nSPS) is 13.8. The van der Waals surface area contributed by atoms with Gasteiger partial charge in [-0.2, -0.15) is 0 Å². The van der Waals surface area contributed by atoms with Crippen molar-refractivity contribution in [3.8, 4) is 0 Å². The predicted molar refractivity (Wildman–Crippen MR) is 378 cm³/mol. The Bertz CT molecular complexity index is 1540. The van der Waals surface area contributed by atoms with Gasteiger partial charge in [0.05, 0.1) is 39.9 Å². The largest absolute Gasteiger partial charge is 0.472 e. The highest BCUT2D eigenvalue weighted by atomic mass is 31.2. The van der Waals surface area contributed by atoms with E-state index >= 15 is 0 Å². The molecule has 0 saturated heterocycles. The number of aliphatic hydroxyl groups is 1. The molecule has 3 unspecified atom stereocenters. The summed E-state index contributed by atoms with van der Waals surface area (Å²) in [5.41, 5.74) is 0. The van der Waals surface area contributed by atoms with E-state index in [0.29, 0.717) is 17.4 Å². The fraction of sp³-hybridized carbons (Fsp3) is 0.883. The molecule has 0 spiro atoms. The van der Waals surface area contributed by atoms with Gasteiger partial charge in [0.2, 0.25) is 5.91 Å². The van der Waals surface area contributed by atoms with Crippen molar-refractivity contribution in [1.82, 2.24) is 5.32 Å². The number of quaternary nitrogens is 1. The molecule has 0 saturated carbocycles. The van der Waals surface area contributed by atoms with Crippen LogP contribution in [0, 0.1) is 0 Å². The number of allylic oxidation sites excluding steroid dienone is 7. The molecule has 0 heterocycles. The van der Waals surface area contributed by atoms with Crippen LogP contribution in [0.25, 0.3) is 0 Å². The Labute approximate surface area is 537 Å². The molecule has 1 amide bonds. The van der Waals surface area contributed by atoms with Crippen LogP contribution >= 0.6 is 7.82 Å². The maximum atomic E-state index is 13.1. The van der Waals surface area contributed by atoms with Gasteiger partial charge in [0.15, 0.2) is 0 Å². The van der Waals surface area contributed by atoms with Gasteiger partial charge in [-0.1, -0.05) is 364 Å². The van der Waals surface area contributed by atoms with Crippen molar-refractivity contribution < 1.29 is 32.9 Å². The van der Waals surface area contributed by atoms with E-state index in [4.69, 9.17) is 9.05 Å². The van der Waals surface area contributed by atoms with Crippen LogP contribution in [0.4, 0.5) is 0 Å². The summed E-state index contributed by atoms with van der Waals surface area (Å²) >= 11 is 0. The summed E-state index contributed by atoms with van der Waals surface area (Å²) in [5, 5.41) is 14.0. The number of amides is 1. The minimum absolute atomic E-state index is 0.0577. The van der Waals surface area contributed by atoms with Crippen molar-refractivity contribution in [3.05, 3.63) is 48.6 Å². The third kappa shape index (κ3) is 69.9. The van der Waals surface area contributed by atoms with Gasteiger partial charge in [-0.3, -0.25) is 13.8 Å². The Kier molecular flexibility index (Phi) is 66.6. The number of likely N-dealkylation sites (N-methyl/N-ethyl adjacent to an activating group) is 1. The van der Waals surface area contributed by atoms with E-state index in [2.05, 4.69) is 55.6 Å². The number of nitrogens with one attached hydrogen (secondary N) is 1. The molecule has 508 valence electrons. The second-order valence-corrected chi connectivity index (χ2v) is 28.8. The van der Waals surface area contributed by atoms with E-state index in [1.54, 1.807) is 6.08 Å². The number of phosphoric ester groups is 1. The van der Waals surface area contributed by atoms with E-state index in [9.17, 15) is 19.4 Å². The molecule has 0 rings (SSSR count). The van der Waals surface area contributed by atoms with Gasteiger partial charge in [-0.05, 0) is 64.2 Å². The quantitative estimate of drug-likeness (QED) is 0.0243. The van der Waals surface area contributed by atoms with Crippen molar-refractivity contribution in [1.29, 1.82) is 0 Å². The molecule has 8 nitrogen and oxygen atoms in total. The number of phosphoric acid groups is 1. The third-order valence-corrected chi connectivity index (χ3v) is 18.5. The topological polar surface area (TPSA) is 105 Å².